The molecule has 2 aromatic rings. The first-order chi connectivity index (χ1) is 13.8. The molecule has 2 aliphatic heterocycles. The standard InChI is InChI=1S/C20H23F3N4O2/c21-14-5-3-13(4-6-14)10-15-2-1-8-26(15)12-16-11-20(22,23)18(29-16)27-9-7-17(24)25-19(27)28/h3-7,9,15-16,18H,1-2,8,10-12H2,(H2,24,25,28). The van der Waals surface area contributed by atoms with E-state index in [0.717, 1.165) is 35.9 Å². The van der Waals surface area contributed by atoms with Crippen LogP contribution in [-0.4, -0.2) is 45.6 Å². The third-order valence-corrected chi connectivity index (χ3v) is 5.61. The summed E-state index contributed by atoms with van der Waals surface area (Å²) in [6, 6.07) is 7.85. The minimum absolute atomic E-state index is 0.0233. The van der Waals surface area contributed by atoms with Gasteiger partial charge in [0.25, 0.3) is 5.92 Å². The zero-order chi connectivity index (χ0) is 20.6. The fraction of sp³-hybridized carbons (Fsp3) is 0.500. The van der Waals surface area contributed by atoms with Crippen molar-refractivity contribution in [2.24, 2.45) is 0 Å². The molecule has 0 spiro atoms. The van der Waals surface area contributed by atoms with Gasteiger partial charge in [0.15, 0.2) is 0 Å². The van der Waals surface area contributed by atoms with Crippen LogP contribution in [0.4, 0.5) is 19.0 Å². The van der Waals surface area contributed by atoms with Gasteiger partial charge in [-0.2, -0.15) is 4.98 Å². The van der Waals surface area contributed by atoms with E-state index in [-0.39, 0.29) is 17.7 Å². The molecule has 0 radical (unpaired) electrons. The van der Waals surface area contributed by atoms with E-state index in [4.69, 9.17) is 10.5 Å². The number of nitrogens with two attached hydrogens (primary N) is 1. The molecule has 2 saturated heterocycles. The van der Waals surface area contributed by atoms with E-state index in [1.54, 1.807) is 12.1 Å². The molecule has 156 valence electrons. The van der Waals surface area contributed by atoms with E-state index < -0.39 is 30.4 Å². The Morgan fingerprint density at radius 3 is 2.72 bits per heavy atom. The molecule has 3 unspecified atom stereocenters. The maximum atomic E-state index is 14.6. The molecule has 0 aliphatic carbocycles. The minimum atomic E-state index is -3.18. The number of rotatable bonds is 5. The maximum absolute atomic E-state index is 14.6. The van der Waals surface area contributed by atoms with Crippen LogP contribution >= 0.6 is 0 Å². The fourth-order valence-electron chi connectivity index (χ4n) is 4.24. The lowest BCUT2D eigenvalue weighted by Crippen LogP contribution is -2.37. The molecule has 2 aliphatic rings. The molecule has 6 nitrogen and oxygen atoms in total. The van der Waals surface area contributed by atoms with Crippen LogP contribution in [0, 0.1) is 5.82 Å². The van der Waals surface area contributed by atoms with Gasteiger partial charge in [-0.05, 0) is 49.6 Å². The predicted molar refractivity (Wildman–Crippen MR) is 101 cm³/mol. The summed E-state index contributed by atoms with van der Waals surface area (Å²) in [4.78, 5) is 17.6. The molecular weight excluding hydrogens is 385 g/mol. The van der Waals surface area contributed by atoms with Crippen molar-refractivity contribution in [3.05, 3.63) is 58.4 Å². The van der Waals surface area contributed by atoms with Gasteiger partial charge in [-0.15, -0.1) is 0 Å². The Morgan fingerprint density at radius 2 is 2.00 bits per heavy atom. The number of nitrogens with zero attached hydrogens (tertiary/aromatic N) is 3. The zero-order valence-corrected chi connectivity index (χ0v) is 15.8. The van der Waals surface area contributed by atoms with Crippen molar-refractivity contribution < 1.29 is 17.9 Å². The van der Waals surface area contributed by atoms with Gasteiger partial charge < -0.3 is 10.5 Å². The van der Waals surface area contributed by atoms with Crippen molar-refractivity contribution in [3.63, 3.8) is 0 Å². The molecule has 4 rings (SSSR count). The summed E-state index contributed by atoms with van der Waals surface area (Å²) in [5, 5.41) is 0. The second kappa shape index (κ2) is 7.79. The highest BCUT2D eigenvalue weighted by Crippen LogP contribution is 2.42. The Kier molecular flexibility index (Phi) is 5.35. The number of hydrogen-bond donors (Lipinski definition) is 1. The summed E-state index contributed by atoms with van der Waals surface area (Å²) in [5.74, 6) is -3.49. The number of alkyl halides is 2. The van der Waals surface area contributed by atoms with Crippen molar-refractivity contribution in [1.82, 2.24) is 14.5 Å². The average molecular weight is 408 g/mol. The number of nitrogen functional groups attached to an aromatic ring is 1. The highest BCUT2D eigenvalue weighted by atomic mass is 19.3. The Labute approximate surface area is 166 Å². The number of benzene rings is 1. The van der Waals surface area contributed by atoms with E-state index in [2.05, 4.69) is 9.88 Å². The van der Waals surface area contributed by atoms with Crippen LogP contribution in [0.2, 0.25) is 0 Å². The number of anilines is 1. The molecule has 1 aromatic carbocycles. The molecule has 3 atom stereocenters. The molecule has 0 saturated carbocycles. The van der Waals surface area contributed by atoms with Crippen molar-refractivity contribution in [2.45, 2.75) is 50.0 Å². The molecular formula is C20H23F3N4O2. The number of aromatic nitrogens is 2. The van der Waals surface area contributed by atoms with Gasteiger partial charge in [0, 0.05) is 25.2 Å². The molecule has 2 fully saturated rings. The zero-order valence-electron chi connectivity index (χ0n) is 15.8. The van der Waals surface area contributed by atoms with Crippen LogP contribution in [0.3, 0.4) is 0 Å². The SMILES string of the molecule is Nc1ccn(C2OC(CN3CCCC3Cc3ccc(F)cc3)CC2(F)F)c(=O)n1. The topological polar surface area (TPSA) is 73.4 Å². The molecule has 9 heteroatoms. The van der Waals surface area contributed by atoms with Crippen LogP contribution in [-0.2, 0) is 11.2 Å². The van der Waals surface area contributed by atoms with Crippen LogP contribution in [0.15, 0.2) is 41.3 Å². The molecule has 0 amide bonds. The summed E-state index contributed by atoms with van der Waals surface area (Å²) < 4.78 is 48.7. The van der Waals surface area contributed by atoms with Gasteiger partial charge in [0.2, 0.25) is 6.23 Å². The lowest BCUT2D eigenvalue weighted by molar-refractivity contribution is -0.118. The second-order valence-electron chi connectivity index (χ2n) is 7.74. The summed E-state index contributed by atoms with van der Waals surface area (Å²) in [7, 11) is 0. The quantitative estimate of drug-likeness (QED) is 0.823. The van der Waals surface area contributed by atoms with Gasteiger partial charge in [0.1, 0.15) is 11.6 Å². The molecule has 0 bridgehead atoms. The van der Waals surface area contributed by atoms with Gasteiger partial charge in [-0.25, -0.2) is 18.0 Å². The summed E-state index contributed by atoms with van der Waals surface area (Å²) in [6.07, 6.45) is 0.992. The fourth-order valence-corrected chi connectivity index (χ4v) is 4.24. The Balaban J connectivity index is 1.44. The highest BCUT2D eigenvalue weighted by Gasteiger charge is 2.52. The number of hydrogen-bond acceptors (Lipinski definition) is 5. The number of likely N-dealkylation sites (tertiary alicyclic amines) is 1. The van der Waals surface area contributed by atoms with Crippen LogP contribution < -0.4 is 11.4 Å². The molecule has 2 N–H and O–H groups in total. The van der Waals surface area contributed by atoms with Gasteiger partial charge >= 0.3 is 5.69 Å². The molecule has 29 heavy (non-hydrogen) atoms. The minimum Gasteiger partial charge on any atom is -0.383 e. The lowest BCUT2D eigenvalue weighted by Gasteiger charge is -2.27. The monoisotopic (exact) mass is 408 g/mol. The van der Waals surface area contributed by atoms with Crippen molar-refractivity contribution in [2.75, 3.05) is 18.8 Å². The summed E-state index contributed by atoms with van der Waals surface area (Å²) in [6.45, 7) is 1.15. The summed E-state index contributed by atoms with van der Waals surface area (Å²) in [5.41, 5.74) is 5.59. The third-order valence-electron chi connectivity index (χ3n) is 5.61. The Hall–Kier alpha value is -2.39. The smallest absolute Gasteiger partial charge is 0.351 e. The van der Waals surface area contributed by atoms with Gasteiger partial charge in [-0.1, -0.05) is 12.1 Å². The number of halogens is 3. The van der Waals surface area contributed by atoms with E-state index in [9.17, 15) is 18.0 Å². The third kappa shape index (κ3) is 4.30. The second-order valence-corrected chi connectivity index (χ2v) is 7.74. The van der Waals surface area contributed by atoms with E-state index in [1.807, 2.05) is 0 Å². The first-order valence-electron chi connectivity index (χ1n) is 9.68. The van der Waals surface area contributed by atoms with E-state index >= 15 is 0 Å². The van der Waals surface area contributed by atoms with Gasteiger partial charge in [-0.3, -0.25) is 9.47 Å². The van der Waals surface area contributed by atoms with E-state index in [1.165, 1.54) is 24.4 Å². The highest BCUT2D eigenvalue weighted by molar-refractivity contribution is 5.23. The maximum Gasteiger partial charge on any atom is 0.351 e. The summed E-state index contributed by atoms with van der Waals surface area (Å²) >= 11 is 0. The van der Waals surface area contributed by atoms with Gasteiger partial charge in [0.05, 0.1) is 6.10 Å². The first kappa shape index (κ1) is 19.9. The van der Waals surface area contributed by atoms with Crippen molar-refractivity contribution in [3.8, 4) is 0 Å². The Morgan fingerprint density at radius 1 is 1.24 bits per heavy atom. The molecule has 3 heterocycles. The Bertz CT molecular complexity index is 919. The predicted octanol–water partition coefficient (Wildman–Crippen LogP) is 2.59. The van der Waals surface area contributed by atoms with Crippen LogP contribution in [0.25, 0.3) is 0 Å². The first-order valence-corrected chi connectivity index (χ1v) is 9.68. The van der Waals surface area contributed by atoms with Crippen LogP contribution in [0.5, 0.6) is 0 Å². The number of ether oxygens (including phenoxy) is 1. The average Bonchev–Trinajstić information content (AvgIpc) is 3.20. The van der Waals surface area contributed by atoms with Crippen molar-refractivity contribution >= 4 is 5.82 Å². The van der Waals surface area contributed by atoms with Crippen molar-refractivity contribution in [1.29, 1.82) is 0 Å². The largest absolute Gasteiger partial charge is 0.383 e. The lowest BCUT2D eigenvalue weighted by atomic mass is 10.0. The normalized spacial score (nSPS) is 26.8. The molecule has 1 aromatic heterocycles. The van der Waals surface area contributed by atoms with E-state index in [0.29, 0.717) is 6.54 Å². The van der Waals surface area contributed by atoms with Crippen LogP contribution in [0.1, 0.15) is 31.1 Å².